The summed E-state index contributed by atoms with van der Waals surface area (Å²) >= 11 is 1.52. The van der Waals surface area contributed by atoms with Crippen molar-refractivity contribution in [3.05, 3.63) is 59.0 Å². The second kappa shape index (κ2) is 7.88. The molecular formula is C19H22N6S. The number of benzene rings is 1. The molecule has 1 unspecified atom stereocenters. The number of likely N-dealkylation sites (tertiary alicyclic amines) is 1. The Balaban J connectivity index is 1.44. The third-order valence-corrected chi connectivity index (χ3v) is 5.40. The summed E-state index contributed by atoms with van der Waals surface area (Å²) in [6.45, 7) is 4.10. The molecule has 0 aliphatic carbocycles. The fourth-order valence-electron chi connectivity index (χ4n) is 3.40. The number of aromatic nitrogens is 4. The van der Waals surface area contributed by atoms with Gasteiger partial charge < -0.3 is 5.32 Å². The van der Waals surface area contributed by atoms with Gasteiger partial charge >= 0.3 is 0 Å². The van der Waals surface area contributed by atoms with Gasteiger partial charge in [0.15, 0.2) is 5.82 Å². The van der Waals surface area contributed by atoms with Crippen molar-refractivity contribution in [1.29, 1.82) is 0 Å². The first-order valence-corrected chi connectivity index (χ1v) is 9.76. The van der Waals surface area contributed by atoms with Crippen LogP contribution in [0.1, 0.15) is 35.1 Å². The molecule has 0 radical (unpaired) electrons. The number of hydrogen-bond acceptors (Lipinski definition) is 7. The standard InChI is InChI=1S/C19H22N6S/c1-14-23-24-19(26-14)22-18-13-20-12-16(21-18)17-8-5-10-25(17)11-9-15-6-3-2-4-7-15/h2-4,6-7,12-13,17H,5,8-11H2,1H3,(H,21,22,24). The van der Waals surface area contributed by atoms with Crippen molar-refractivity contribution in [2.45, 2.75) is 32.2 Å². The topological polar surface area (TPSA) is 66.8 Å². The lowest BCUT2D eigenvalue weighted by atomic mass is 10.1. The predicted octanol–water partition coefficient (Wildman–Crippen LogP) is 3.76. The molecule has 1 saturated heterocycles. The number of nitrogens with zero attached hydrogens (tertiary/aromatic N) is 5. The lowest BCUT2D eigenvalue weighted by Gasteiger charge is -2.24. The fourth-order valence-corrected chi connectivity index (χ4v) is 4.00. The van der Waals surface area contributed by atoms with Crippen LogP contribution < -0.4 is 5.32 Å². The summed E-state index contributed by atoms with van der Waals surface area (Å²) in [6.07, 6.45) is 7.03. The molecule has 4 rings (SSSR count). The minimum absolute atomic E-state index is 0.337. The highest BCUT2D eigenvalue weighted by Crippen LogP contribution is 2.31. The van der Waals surface area contributed by atoms with Crippen molar-refractivity contribution in [3.63, 3.8) is 0 Å². The molecule has 1 fully saturated rings. The number of nitrogens with one attached hydrogen (secondary N) is 1. The van der Waals surface area contributed by atoms with E-state index in [4.69, 9.17) is 4.98 Å². The molecule has 0 saturated carbocycles. The molecule has 1 atom stereocenters. The van der Waals surface area contributed by atoms with E-state index < -0.39 is 0 Å². The molecule has 0 spiro atoms. The van der Waals surface area contributed by atoms with E-state index in [1.807, 2.05) is 13.1 Å². The van der Waals surface area contributed by atoms with Gasteiger partial charge in [0.05, 0.1) is 24.1 Å². The summed E-state index contributed by atoms with van der Waals surface area (Å²) in [5.41, 5.74) is 2.41. The van der Waals surface area contributed by atoms with E-state index in [0.29, 0.717) is 6.04 Å². The summed E-state index contributed by atoms with van der Waals surface area (Å²) in [5.74, 6) is 0.730. The molecular weight excluding hydrogens is 344 g/mol. The van der Waals surface area contributed by atoms with Crippen molar-refractivity contribution in [3.8, 4) is 0 Å². The van der Waals surface area contributed by atoms with Crippen LogP contribution in [0.4, 0.5) is 10.9 Å². The lowest BCUT2D eigenvalue weighted by molar-refractivity contribution is 0.256. The van der Waals surface area contributed by atoms with E-state index in [1.165, 1.54) is 23.3 Å². The van der Waals surface area contributed by atoms with Gasteiger partial charge in [-0.25, -0.2) is 4.98 Å². The predicted molar refractivity (Wildman–Crippen MR) is 104 cm³/mol. The molecule has 0 amide bonds. The van der Waals surface area contributed by atoms with Crippen molar-refractivity contribution in [1.82, 2.24) is 25.1 Å². The van der Waals surface area contributed by atoms with E-state index in [0.717, 1.165) is 47.6 Å². The molecule has 0 bridgehead atoms. The normalized spacial score (nSPS) is 17.5. The zero-order valence-electron chi connectivity index (χ0n) is 14.8. The highest BCUT2D eigenvalue weighted by Gasteiger charge is 2.27. The summed E-state index contributed by atoms with van der Waals surface area (Å²) in [5, 5.41) is 13.0. The second-order valence-corrected chi connectivity index (χ2v) is 7.69. The molecule has 1 aliphatic heterocycles. The molecule has 7 heteroatoms. The number of hydrogen-bond donors (Lipinski definition) is 1. The Morgan fingerprint density at radius 3 is 2.88 bits per heavy atom. The number of rotatable bonds is 6. The Hall–Kier alpha value is -2.38. The monoisotopic (exact) mass is 366 g/mol. The smallest absolute Gasteiger partial charge is 0.211 e. The maximum absolute atomic E-state index is 4.79. The Kier molecular flexibility index (Phi) is 5.17. The van der Waals surface area contributed by atoms with Gasteiger partial charge in [-0.2, -0.15) is 0 Å². The van der Waals surface area contributed by atoms with Crippen LogP contribution in [0, 0.1) is 6.92 Å². The minimum Gasteiger partial charge on any atom is -0.313 e. The van der Waals surface area contributed by atoms with E-state index in [-0.39, 0.29) is 0 Å². The van der Waals surface area contributed by atoms with Crippen molar-refractivity contribution < 1.29 is 0 Å². The van der Waals surface area contributed by atoms with Crippen LogP contribution in [0.25, 0.3) is 0 Å². The third-order valence-electron chi connectivity index (χ3n) is 4.65. The second-order valence-electron chi connectivity index (χ2n) is 6.51. The van der Waals surface area contributed by atoms with Gasteiger partial charge in [0.25, 0.3) is 0 Å². The van der Waals surface area contributed by atoms with Gasteiger partial charge in [-0.05, 0) is 38.3 Å². The Labute approximate surface area is 157 Å². The third kappa shape index (κ3) is 4.05. The van der Waals surface area contributed by atoms with Crippen LogP contribution in [0.2, 0.25) is 0 Å². The van der Waals surface area contributed by atoms with Gasteiger partial charge in [0.2, 0.25) is 5.13 Å². The van der Waals surface area contributed by atoms with Crippen LogP contribution in [0.15, 0.2) is 42.7 Å². The number of aryl methyl sites for hydroxylation is 1. The average molecular weight is 366 g/mol. The maximum Gasteiger partial charge on any atom is 0.211 e. The Morgan fingerprint density at radius 1 is 1.19 bits per heavy atom. The van der Waals surface area contributed by atoms with Crippen LogP contribution in [-0.4, -0.2) is 38.2 Å². The highest BCUT2D eigenvalue weighted by atomic mass is 32.1. The molecule has 1 N–H and O–H groups in total. The van der Waals surface area contributed by atoms with E-state index in [9.17, 15) is 0 Å². The summed E-state index contributed by atoms with van der Waals surface area (Å²) in [7, 11) is 0. The van der Waals surface area contributed by atoms with Crippen LogP contribution in [0.5, 0.6) is 0 Å². The molecule has 3 heterocycles. The van der Waals surface area contributed by atoms with Gasteiger partial charge in [-0.15, -0.1) is 10.2 Å². The molecule has 2 aromatic heterocycles. The van der Waals surface area contributed by atoms with Crippen LogP contribution in [-0.2, 0) is 6.42 Å². The van der Waals surface area contributed by atoms with Gasteiger partial charge in [-0.3, -0.25) is 9.88 Å². The van der Waals surface area contributed by atoms with Crippen molar-refractivity contribution in [2.24, 2.45) is 0 Å². The van der Waals surface area contributed by atoms with Crippen molar-refractivity contribution >= 4 is 22.3 Å². The molecule has 134 valence electrons. The minimum atomic E-state index is 0.337. The lowest BCUT2D eigenvalue weighted by Crippen LogP contribution is -2.26. The fraction of sp³-hybridized carbons (Fsp3) is 0.368. The van der Waals surface area contributed by atoms with E-state index in [1.54, 1.807) is 6.20 Å². The molecule has 26 heavy (non-hydrogen) atoms. The quantitative estimate of drug-likeness (QED) is 0.716. The first kappa shape index (κ1) is 17.1. The zero-order chi connectivity index (χ0) is 17.8. The van der Waals surface area contributed by atoms with Gasteiger partial charge in [0.1, 0.15) is 5.01 Å². The van der Waals surface area contributed by atoms with Gasteiger partial charge in [0, 0.05) is 6.54 Å². The highest BCUT2D eigenvalue weighted by molar-refractivity contribution is 7.15. The van der Waals surface area contributed by atoms with Crippen LogP contribution in [0.3, 0.4) is 0 Å². The Morgan fingerprint density at radius 2 is 2.08 bits per heavy atom. The molecule has 3 aromatic rings. The van der Waals surface area contributed by atoms with Crippen molar-refractivity contribution in [2.75, 3.05) is 18.4 Å². The molecule has 6 nitrogen and oxygen atoms in total. The Bertz CT molecular complexity index is 850. The summed E-state index contributed by atoms with van der Waals surface area (Å²) in [4.78, 5) is 11.7. The summed E-state index contributed by atoms with van der Waals surface area (Å²) in [6, 6.07) is 11.0. The average Bonchev–Trinajstić information content (AvgIpc) is 3.30. The zero-order valence-corrected chi connectivity index (χ0v) is 15.6. The first-order chi connectivity index (χ1) is 12.8. The SMILES string of the molecule is Cc1nnc(Nc2cncc(C3CCCN3CCc3ccccc3)n2)s1. The first-order valence-electron chi connectivity index (χ1n) is 8.95. The molecule has 1 aliphatic rings. The van der Waals surface area contributed by atoms with E-state index in [2.05, 4.69) is 55.7 Å². The summed E-state index contributed by atoms with van der Waals surface area (Å²) < 4.78 is 0. The largest absolute Gasteiger partial charge is 0.313 e. The van der Waals surface area contributed by atoms with Crippen LogP contribution >= 0.6 is 11.3 Å². The maximum atomic E-state index is 4.79. The number of anilines is 2. The van der Waals surface area contributed by atoms with E-state index >= 15 is 0 Å². The van der Waals surface area contributed by atoms with Gasteiger partial charge in [-0.1, -0.05) is 41.7 Å². The molecule has 1 aromatic carbocycles.